The van der Waals surface area contributed by atoms with Crippen molar-refractivity contribution < 1.29 is 0 Å². The van der Waals surface area contributed by atoms with Crippen LogP contribution < -0.4 is 5.32 Å². The maximum Gasteiger partial charge on any atom is 0.0496 e. The summed E-state index contributed by atoms with van der Waals surface area (Å²) in [6, 6.07) is 16.2. The van der Waals surface area contributed by atoms with Crippen molar-refractivity contribution in [2.75, 3.05) is 5.32 Å². The Bertz CT molecular complexity index is 496. The number of rotatable bonds is 3. The number of benzene rings is 2. The summed E-state index contributed by atoms with van der Waals surface area (Å²) >= 11 is 9.42. The minimum Gasteiger partial charge on any atom is -0.378 e. The van der Waals surface area contributed by atoms with Crippen LogP contribution in [0.5, 0.6) is 0 Å². The maximum absolute atomic E-state index is 5.86. The number of nitrogens with one attached hydrogen (secondary N) is 1. The lowest BCUT2D eigenvalue weighted by Crippen LogP contribution is -2.06. The average molecular weight is 311 g/mol. The molecule has 1 nitrogen and oxygen atoms in total. The molecule has 1 N–H and O–H groups in total. The lowest BCUT2D eigenvalue weighted by atomic mass is 10.1. The summed E-state index contributed by atoms with van der Waals surface area (Å²) in [5, 5.41) is 4.19. The monoisotopic (exact) mass is 309 g/mol. The van der Waals surface area contributed by atoms with Crippen LogP contribution in [0.3, 0.4) is 0 Å². The highest BCUT2D eigenvalue weighted by molar-refractivity contribution is 9.10. The van der Waals surface area contributed by atoms with Crippen molar-refractivity contribution in [1.82, 2.24) is 0 Å². The molecule has 17 heavy (non-hydrogen) atoms. The Morgan fingerprint density at radius 3 is 2.35 bits per heavy atom. The molecule has 0 saturated carbocycles. The van der Waals surface area contributed by atoms with Gasteiger partial charge in [0.1, 0.15) is 0 Å². The highest BCUT2D eigenvalue weighted by Crippen LogP contribution is 2.26. The SMILES string of the molecule is CC(Nc1ccc(Cl)cc1)c1ccccc1Br. The fraction of sp³-hybridized carbons (Fsp3) is 0.143. The molecule has 0 fully saturated rings. The summed E-state index contributed by atoms with van der Waals surface area (Å²) in [4.78, 5) is 0. The zero-order valence-corrected chi connectivity index (χ0v) is 11.8. The molecule has 2 aromatic rings. The fourth-order valence-electron chi connectivity index (χ4n) is 1.70. The van der Waals surface area contributed by atoms with Crippen LogP contribution in [0.2, 0.25) is 5.02 Å². The molecule has 0 aliphatic carbocycles. The predicted octanol–water partition coefficient (Wildman–Crippen LogP) is 5.28. The van der Waals surface area contributed by atoms with Gasteiger partial charge in [-0.15, -0.1) is 0 Å². The smallest absolute Gasteiger partial charge is 0.0496 e. The van der Waals surface area contributed by atoms with Crippen LogP contribution in [0.1, 0.15) is 18.5 Å². The largest absolute Gasteiger partial charge is 0.378 e. The Morgan fingerprint density at radius 2 is 1.71 bits per heavy atom. The first-order valence-electron chi connectivity index (χ1n) is 5.43. The third-order valence-electron chi connectivity index (χ3n) is 2.60. The number of hydrogen-bond donors (Lipinski definition) is 1. The van der Waals surface area contributed by atoms with E-state index in [4.69, 9.17) is 11.6 Å². The highest BCUT2D eigenvalue weighted by Gasteiger charge is 2.08. The van der Waals surface area contributed by atoms with Crippen LogP contribution in [0, 0.1) is 0 Å². The standard InChI is InChI=1S/C14H13BrClN/c1-10(13-4-2-3-5-14(13)15)17-12-8-6-11(16)7-9-12/h2-10,17H,1H3. The van der Waals surface area contributed by atoms with Gasteiger partial charge in [-0.05, 0) is 42.8 Å². The molecular formula is C14H13BrClN. The van der Waals surface area contributed by atoms with Gasteiger partial charge in [0.15, 0.2) is 0 Å². The summed E-state index contributed by atoms with van der Waals surface area (Å²) < 4.78 is 1.12. The van der Waals surface area contributed by atoms with Gasteiger partial charge in [0, 0.05) is 21.2 Å². The van der Waals surface area contributed by atoms with Gasteiger partial charge in [0.2, 0.25) is 0 Å². The van der Waals surface area contributed by atoms with E-state index in [1.54, 1.807) is 0 Å². The van der Waals surface area contributed by atoms with Gasteiger partial charge in [0.05, 0.1) is 0 Å². The third kappa shape index (κ3) is 3.24. The zero-order valence-electron chi connectivity index (χ0n) is 9.45. The molecule has 0 aliphatic rings. The topological polar surface area (TPSA) is 12.0 Å². The van der Waals surface area contributed by atoms with Crippen molar-refractivity contribution in [3.8, 4) is 0 Å². The first-order chi connectivity index (χ1) is 8.16. The molecule has 0 aromatic heterocycles. The molecule has 1 atom stereocenters. The molecule has 2 aromatic carbocycles. The van der Waals surface area contributed by atoms with Crippen LogP contribution in [0.4, 0.5) is 5.69 Å². The minimum atomic E-state index is 0.242. The van der Waals surface area contributed by atoms with E-state index in [0.717, 1.165) is 15.2 Å². The van der Waals surface area contributed by atoms with Crippen molar-refractivity contribution in [2.24, 2.45) is 0 Å². The van der Waals surface area contributed by atoms with Gasteiger partial charge in [-0.3, -0.25) is 0 Å². The predicted molar refractivity (Wildman–Crippen MR) is 77.6 cm³/mol. The van der Waals surface area contributed by atoms with Gasteiger partial charge < -0.3 is 5.32 Å². The quantitative estimate of drug-likeness (QED) is 0.813. The van der Waals surface area contributed by atoms with E-state index in [2.05, 4.69) is 40.3 Å². The molecule has 88 valence electrons. The summed E-state index contributed by atoms with van der Waals surface area (Å²) in [5.74, 6) is 0. The van der Waals surface area contributed by atoms with Gasteiger partial charge in [-0.1, -0.05) is 45.7 Å². The highest BCUT2D eigenvalue weighted by atomic mass is 79.9. The van der Waals surface area contributed by atoms with Crippen LogP contribution in [0.15, 0.2) is 53.0 Å². The molecular weight excluding hydrogens is 298 g/mol. The van der Waals surface area contributed by atoms with Crippen LogP contribution in [-0.4, -0.2) is 0 Å². The van der Waals surface area contributed by atoms with E-state index in [-0.39, 0.29) is 6.04 Å². The Kier molecular flexibility index (Phi) is 4.08. The second-order valence-corrected chi connectivity index (χ2v) is 5.19. The van der Waals surface area contributed by atoms with Gasteiger partial charge in [0.25, 0.3) is 0 Å². The Hall–Kier alpha value is -0.990. The van der Waals surface area contributed by atoms with E-state index in [1.807, 2.05) is 36.4 Å². The van der Waals surface area contributed by atoms with Crippen LogP contribution in [-0.2, 0) is 0 Å². The summed E-state index contributed by atoms with van der Waals surface area (Å²) in [5.41, 5.74) is 2.31. The third-order valence-corrected chi connectivity index (χ3v) is 3.57. The summed E-state index contributed by atoms with van der Waals surface area (Å²) in [6.45, 7) is 2.13. The maximum atomic E-state index is 5.86. The zero-order chi connectivity index (χ0) is 12.3. The second kappa shape index (κ2) is 5.56. The van der Waals surface area contributed by atoms with Crippen LogP contribution in [0.25, 0.3) is 0 Å². The molecule has 0 aliphatic heterocycles. The molecule has 0 heterocycles. The van der Waals surface area contributed by atoms with E-state index < -0.39 is 0 Å². The minimum absolute atomic E-state index is 0.242. The summed E-state index contributed by atoms with van der Waals surface area (Å²) in [7, 11) is 0. The fourth-order valence-corrected chi connectivity index (χ4v) is 2.45. The molecule has 0 amide bonds. The van der Waals surface area contributed by atoms with Gasteiger partial charge in [-0.25, -0.2) is 0 Å². The Morgan fingerprint density at radius 1 is 1.06 bits per heavy atom. The first-order valence-corrected chi connectivity index (χ1v) is 6.60. The lowest BCUT2D eigenvalue weighted by Gasteiger charge is -2.17. The lowest BCUT2D eigenvalue weighted by molar-refractivity contribution is 0.879. The first kappa shape index (κ1) is 12.5. The van der Waals surface area contributed by atoms with Crippen molar-refractivity contribution in [3.63, 3.8) is 0 Å². The van der Waals surface area contributed by atoms with Gasteiger partial charge >= 0.3 is 0 Å². The van der Waals surface area contributed by atoms with Crippen molar-refractivity contribution in [1.29, 1.82) is 0 Å². The normalized spacial score (nSPS) is 12.2. The Labute approximate surface area is 115 Å². The van der Waals surface area contributed by atoms with Crippen molar-refractivity contribution >= 4 is 33.2 Å². The molecule has 2 rings (SSSR count). The molecule has 3 heteroatoms. The Balaban J connectivity index is 2.14. The average Bonchev–Trinajstić information content (AvgIpc) is 2.32. The summed E-state index contributed by atoms with van der Waals surface area (Å²) in [6.07, 6.45) is 0. The van der Waals surface area contributed by atoms with Crippen LogP contribution >= 0.6 is 27.5 Å². The molecule has 1 unspecified atom stereocenters. The molecule has 0 bridgehead atoms. The second-order valence-electron chi connectivity index (χ2n) is 3.89. The van der Waals surface area contributed by atoms with Crippen molar-refractivity contribution in [3.05, 3.63) is 63.6 Å². The van der Waals surface area contributed by atoms with E-state index >= 15 is 0 Å². The van der Waals surface area contributed by atoms with E-state index in [9.17, 15) is 0 Å². The number of hydrogen-bond acceptors (Lipinski definition) is 1. The number of halogens is 2. The number of anilines is 1. The van der Waals surface area contributed by atoms with Gasteiger partial charge in [-0.2, -0.15) is 0 Å². The molecule has 0 spiro atoms. The van der Waals surface area contributed by atoms with E-state index in [1.165, 1.54) is 5.56 Å². The molecule has 0 radical (unpaired) electrons. The van der Waals surface area contributed by atoms with E-state index in [0.29, 0.717) is 0 Å². The molecule has 0 saturated heterocycles. The van der Waals surface area contributed by atoms with Crippen molar-refractivity contribution in [2.45, 2.75) is 13.0 Å².